The molecule has 0 atom stereocenters. The molecular formula is C14H12O2S2. The molecule has 18 heavy (non-hydrogen) atoms. The average Bonchev–Trinajstić information content (AvgIpc) is 3.05. The largest absolute Gasteiger partial charge is 0.468 e. The molecular weight excluding hydrogens is 264 g/mol. The number of hydrogen-bond acceptors (Lipinski definition) is 4. The maximum Gasteiger partial charge on any atom is 0.114 e. The van der Waals surface area contributed by atoms with Crippen LogP contribution in [-0.2, 0) is 11.5 Å². The third-order valence-corrected chi connectivity index (χ3v) is 3.45. The quantitative estimate of drug-likeness (QED) is 0.750. The van der Waals surface area contributed by atoms with Crippen molar-refractivity contribution in [2.24, 2.45) is 0 Å². The molecule has 2 nitrogen and oxygen atoms in total. The summed E-state index contributed by atoms with van der Waals surface area (Å²) in [4.78, 5) is 0. The van der Waals surface area contributed by atoms with Gasteiger partial charge in [0.15, 0.2) is 0 Å². The van der Waals surface area contributed by atoms with E-state index >= 15 is 0 Å². The van der Waals surface area contributed by atoms with Gasteiger partial charge in [-0.25, -0.2) is 0 Å². The Bertz CT molecular complexity index is 516. The molecule has 0 bridgehead atoms. The second-order valence-corrected chi connectivity index (χ2v) is 4.98. The predicted octanol–water partition coefficient (Wildman–Crippen LogP) is 4.51. The van der Waals surface area contributed by atoms with Crippen molar-refractivity contribution in [2.75, 3.05) is 0 Å². The van der Waals surface area contributed by atoms with Crippen LogP contribution in [0.25, 0.3) is 0 Å². The number of rotatable bonds is 5. The molecule has 0 N–H and O–H groups in total. The third-order valence-electron chi connectivity index (χ3n) is 1.98. The van der Waals surface area contributed by atoms with E-state index in [1.807, 2.05) is 35.7 Å². The van der Waals surface area contributed by atoms with Gasteiger partial charge in [0.1, 0.15) is 11.5 Å². The van der Waals surface area contributed by atoms with Crippen molar-refractivity contribution in [3.05, 3.63) is 59.8 Å². The summed E-state index contributed by atoms with van der Waals surface area (Å²) in [7, 11) is 0. The molecule has 0 spiro atoms. The molecule has 2 heterocycles. The molecule has 0 radical (unpaired) electrons. The van der Waals surface area contributed by atoms with E-state index in [1.165, 1.54) is 11.8 Å². The summed E-state index contributed by atoms with van der Waals surface area (Å²) in [5.74, 6) is 6.52. The lowest BCUT2D eigenvalue weighted by Gasteiger charge is -1.88. The lowest BCUT2D eigenvalue weighted by Crippen LogP contribution is -1.70. The normalized spacial score (nSPS) is 10.4. The third kappa shape index (κ3) is 4.82. The van der Waals surface area contributed by atoms with E-state index in [2.05, 4.69) is 11.2 Å². The van der Waals surface area contributed by atoms with Gasteiger partial charge in [-0.3, -0.25) is 0 Å². The number of thioether (sulfide) groups is 2. The molecule has 0 aliphatic rings. The summed E-state index contributed by atoms with van der Waals surface area (Å²) in [6.07, 6.45) is 5.21. The van der Waals surface area contributed by atoms with E-state index in [0.717, 1.165) is 23.0 Å². The molecule has 92 valence electrons. The van der Waals surface area contributed by atoms with Gasteiger partial charge >= 0.3 is 0 Å². The highest BCUT2D eigenvalue weighted by Crippen LogP contribution is 2.13. The smallest absolute Gasteiger partial charge is 0.114 e. The minimum absolute atomic E-state index is 0.785. The van der Waals surface area contributed by atoms with Gasteiger partial charge in [-0.1, -0.05) is 17.7 Å². The number of hydrogen-bond donors (Lipinski definition) is 0. The maximum atomic E-state index is 5.21. The highest BCUT2D eigenvalue weighted by molar-refractivity contribution is 8.03. The van der Waals surface area contributed by atoms with E-state index in [-0.39, 0.29) is 0 Å². The van der Waals surface area contributed by atoms with Crippen LogP contribution in [0.1, 0.15) is 11.5 Å². The molecule has 0 saturated heterocycles. The van der Waals surface area contributed by atoms with Gasteiger partial charge in [0.05, 0.1) is 24.0 Å². The molecule has 0 unspecified atom stereocenters. The van der Waals surface area contributed by atoms with Gasteiger partial charge < -0.3 is 8.83 Å². The van der Waals surface area contributed by atoms with Crippen LogP contribution in [0.2, 0.25) is 0 Å². The van der Waals surface area contributed by atoms with Gasteiger partial charge in [-0.2, -0.15) is 0 Å². The van der Waals surface area contributed by atoms with E-state index < -0.39 is 0 Å². The van der Waals surface area contributed by atoms with Crippen molar-refractivity contribution in [3.63, 3.8) is 0 Å². The van der Waals surface area contributed by atoms with Crippen LogP contribution in [0.3, 0.4) is 0 Å². The van der Waals surface area contributed by atoms with E-state index in [1.54, 1.807) is 24.3 Å². The van der Waals surface area contributed by atoms with E-state index in [4.69, 9.17) is 8.83 Å². The Morgan fingerprint density at radius 2 is 1.78 bits per heavy atom. The first-order valence-corrected chi connectivity index (χ1v) is 7.42. The molecule has 0 amide bonds. The predicted molar refractivity (Wildman–Crippen MR) is 76.9 cm³/mol. The first kappa shape index (κ1) is 13.0. The second-order valence-electron chi connectivity index (χ2n) is 3.31. The van der Waals surface area contributed by atoms with Crippen LogP contribution in [0.5, 0.6) is 0 Å². The fourth-order valence-corrected chi connectivity index (χ4v) is 2.30. The van der Waals surface area contributed by atoms with E-state index in [0.29, 0.717) is 0 Å². The van der Waals surface area contributed by atoms with Crippen LogP contribution in [0.15, 0.2) is 57.1 Å². The minimum Gasteiger partial charge on any atom is -0.468 e. The molecule has 2 aromatic heterocycles. The summed E-state index contributed by atoms with van der Waals surface area (Å²) >= 11 is 3.20. The Morgan fingerprint density at radius 3 is 2.44 bits per heavy atom. The van der Waals surface area contributed by atoms with Crippen molar-refractivity contribution in [1.29, 1.82) is 0 Å². The van der Waals surface area contributed by atoms with Gasteiger partial charge in [-0.05, 0) is 41.0 Å². The van der Waals surface area contributed by atoms with Gasteiger partial charge in [-0.15, -0.1) is 11.8 Å². The Balaban J connectivity index is 1.59. The monoisotopic (exact) mass is 276 g/mol. The van der Waals surface area contributed by atoms with Gasteiger partial charge in [0.2, 0.25) is 0 Å². The Labute approximate surface area is 115 Å². The lowest BCUT2D eigenvalue weighted by atomic mass is 10.5. The van der Waals surface area contributed by atoms with Crippen LogP contribution < -0.4 is 0 Å². The lowest BCUT2D eigenvalue weighted by molar-refractivity contribution is 0.530. The number of allylic oxidation sites excluding steroid dienone is 1. The molecule has 4 heteroatoms. The zero-order valence-electron chi connectivity index (χ0n) is 9.67. The highest BCUT2D eigenvalue weighted by Gasteiger charge is 1.92. The number of furan rings is 2. The second kappa shape index (κ2) is 7.80. The zero-order chi connectivity index (χ0) is 12.5. The van der Waals surface area contributed by atoms with Crippen molar-refractivity contribution in [3.8, 4) is 11.2 Å². The molecule has 0 saturated carbocycles. The van der Waals surface area contributed by atoms with Crippen LogP contribution >= 0.6 is 23.5 Å². The molecule has 2 rings (SSSR count). The summed E-state index contributed by atoms with van der Waals surface area (Å²) in [6.45, 7) is 0. The summed E-state index contributed by atoms with van der Waals surface area (Å²) in [5, 5.41) is 4.98. The van der Waals surface area contributed by atoms with E-state index in [9.17, 15) is 0 Å². The zero-order valence-corrected chi connectivity index (χ0v) is 11.3. The highest BCUT2D eigenvalue weighted by atomic mass is 32.2. The van der Waals surface area contributed by atoms with Crippen molar-refractivity contribution in [2.45, 2.75) is 11.5 Å². The van der Waals surface area contributed by atoms with Gasteiger partial charge in [0.25, 0.3) is 0 Å². The summed E-state index contributed by atoms with van der Waals surface area (Å²) < 4.78 is 10.4. The summed E-state index contributed by atoms with van der Waals surface area (Å²) in [6, 6.07) is 7.69. The van der Waals surface area contributed by atoms with Crippen molar-refractivity contribution >= 4 is 23.5 Å². The molecule has 0 aliphatic carbocycles. The van der Waals surface area contributed by atoms with Crippen molar-refractivity contribution < 1.29 is 8.83 Å². The molecule has 2 aromatic rings. The fourth-order valence-electron chi connectivity index (χ4n) is 1.18. The van der Waals surface area contributed by atoms with Gasteiger partial charge in [0, 0.05) is 0 Å². The Hall–Kier alpha value is -1.44. The Morgan fingerprint density at radius 1 is 1.06 bits per heavy atom. The molecule has 0 fully saturated rings. The first-order valence-electron chi connectivity index (χ1n) is 5.39. The molecule has 0 aliphatic heterocycles. The minimum atomic E-state index is 0.785. The summed E-state index contributed by atoms with van der Waals surface area (Å²) in [5.41, 5.74) is 0. The van der Waals surface area contributed by atoms with Crippen molar-refractivity contribution in [1.82, 2.24) is 0 Å². The fraction of sp³-hybridized carbons (Fsp3) is 0.143. The molecule has 0 aromatic carbocycles. The average molecular weight is 276 g/mol. The van der Waals surface area contributed by atoms with Crippen LogP contribution in [0, 0.1) is 11.2 Å². The first-order chi connectivity index (χ1) is 8.95. The Kier molecular flexibility index (Phi) is 5.64. The SMILES string of the molecule is C(#CSCc1ccco1)/C=C/SCc1ccco1. The van der Waals surface area contributed by atoms with Crippen LogP contribution in [0.4, 0.5) is 0 Å². The maximum absolute atomic E-state index is 5.21. The van der Waals surface area contributed by atoms with Crippen LogP contribution in [-0.4, -0.2) is 0 Å². The standard InChI is InChI=1S/C14H12O2S2/c1(9-17-11-13-5-3-7-15-13)2-10-18-12-14-6-4-8-16-14/h1,3-9H,11-12H2/b9-1+. The topological polar surface area (TPSA) is 26.3 Å².